The maximum atomic E-state index is 11.6. The van der Waals surface area contributed by atoms with Gasteiger partial charge >= 0.3 is 6.09 Å². The number of hydrogen-bond acceptors (Lipinski definition) is 4. The molecule has 1 unspecified atom stereocenters. The molecule has 160 valence electrons. The first kappa shape index (κ1) is 26.4. The van der Waals surface area contributed by atoms with Gasteiger partial charge in [-0.25, -0.2) is 4.79 Å². The van der Waals surface area contributed by atoms with E-state index in [2.05, 4.69) is 40.0 Å². The Kier molecular flexibility index (Phi) is 13.6. The summed E-state index contributed by atoms with van der Waals surface area (Å²) in [5.74, 6) is 1.03. The average molecular weight is 506 g/mol. The maximum Gasteiger partial charge on any atom is 0.407 e. The van der Waals surface area contributed by atoms with Gasteiger partial charge in [-0.1, -0.05) is 37.3 Å². The van der Waals surface area contributed by atoms with E-state index >= 15 is 0 Å². The standard InChI is InChI=1S/C20H34N4O3.HI/c1-16(14-26-15-17-9-7-6-8-10-17)13-24-18(21-5)22-11-12-23-19(25)27-20(2,3)4;/h6-10,16H,11-15H2,1-5H3,(H,23,25)(H2,21,22,24);1H. The summed E-state index contributed by atoms with van der Waals surface area (Å²) in [4.78, 5) is 15.7. The number of ether oxygens (including phenoxy) is 2. The van der Waals surface area contributed by atoms with Crippen LogP contribution in [0.3, 0.4) is 0 Å². The minimum Gasteiger partial charge on any atom is -0.444 e. The van der Waals surface area contributed by atoms with Crippen molar-refractivity contribution in [1.82, 2.24) is 16.0 Å². The van der Waals surface area contributed by atoms with Crippen LogP contribution in [0.4, 0.5) is 4.79 Å². The summed E-state index contributed by atoms with van der Waals surface area (Å²) in [6.07, 6.45) is -0.420. The summed E-state index contributed by atoms with van der Waals surface area (Å²) in [5.41, 5.74) is 0.681. The quantitative estimate of drug-likeness (QED) is 0.208. The predicted octanol–water partition coefficient (Wildman–Crippen LogP) is 3.15. The lowest BCUT2D eigenvalue weighted by molar-refractivity contribution is 0.0529. The summed E-state index contributed by atoms with van der Waals surface area (Å²) in [5, 5.41) is 9.11. The molecule has 1 aromatic carbocycles. The SMILES string of the molecule is CN=C(NCCNC(=O)OC(C)(C)C)NCC(C)COCc1ccccc1.I. The molecule has 0 heterocycles. The highest BCUT2D eigenvalue weighted by Gasteiger charge is 2.15. The number of guanidine groups is 1. The molecule has 0 aliphatic heterocycles. The molecule has 0 bridgehead atoms. The zero-order valence-electron chi connectivity index (χ0n) is 17.6. The third-order valence-corrected chi connectivity index (χ3v) is 3.44. The number of carbonyl (C=O) groups excluding carboxylic acids is 1. The van der Waals surface area contributed by atoms with Crippen LogP contribution in [0.15, 0.2) is 35.3 Å². The number of nitrogens with one attached hydrogen (secondary N) is 3. The highest BCUT2D eigenvalue weighted by Crippen LogP contribution is 2.06. The largest absolute Gasteiger partial charge is 0.444 e. The average Bonchev–Trinajstić information content (AvgIpc) is 2.60. The summed E-state index contributed by atoms with van der Waals surface area (Å²) in [6.45, 7) is 10.7. The molecule has 8 heteroatoms. The molecule has 1 amide bonds. The number of aliphatic imine (C=N–C) groups is 1. The van der Waals surface area contributed by atoms with Crippen molar-refractivity contribution in [2.24, 2.45) is 10.9 Å². The summed E-state index contributed by atoms with van der Waals surface area (Å²) in [6, 6.07) is 10.1. The molecule has 0 aliphatic carbocycles. The minimum absolute atomic E-state index is 0. The first-order valence-electron chi connectivity index (χ1n) is 9.33. The van der Waals surface area contributed by atoms with Gasteiger partial charge in [0.2, 0.25) is 0 Å². The van der Waals surface area contributed by atoms with E-state index < -0.39 is 11.7 Å². The smallest absolute Gasteiger partial charge is 0.407 e. The second kappa shape index (κ2) is 14.4. The number of nitrogens with zero attached hydrogens (tertiary/aromatic N) is 1. The van der Waals surface area contributed by atoms with Gasteiger partial charge in [0.1, 0.15) is 5.60 Å². The van der Waals surface area contributed by atoms with E-state index in [-0.39, 0.29) is 24.0 Å². The molecule has 1 rings (SSSR count). The van der Waals surface area contributed by atoms with E-state index in [4.69, 9.17) is 9.47 Å². The van der Waals surface area contributed by atoms with E-state index in [0.29, 0.717) is 38.2 Å². The van der Waals surface area contributed by atoms with Crippen molar-refractivity contribution in [3.05, 3.63) is 35.9 Å². The fourth-order valence-corrected chi connectivity index (χ4v) is 2.16. The van der Waals surface area contributed by atoms with Crippen LogP contribution >= 0.6 is 24.0 Å². The molecule has 0 spiro atoms. The number of carbonyl (C=O) groups is 1. The Balaban J connectivity index is 0.00000729. The van der Waals surface area contributed by atoms with Crippen molar-refractivity contribution in [3.8, 4) is 0 Å². The van der Waals surface area contributed by atoms with E-state index in [0.717, 1.165) is 6.54 Å². The maximum absolute atomic E-state index is 11.6. The lowest BCUT2D eigenvalue weighted by atomic mass is 10.2. The van der Waals surface area contributed by atoms with Gasteiger partial charge in [-0.3, -0.25) is 4.99 Å². The van der Waals surface area contributed by atoms with Crippen molar-refractivity contribution in [1.29, 1.82) is 0 Å². The zero-order valence-corrected chi connectivity index (χ0v) is 19.9. The van der Waals surface area contributed by atoms with E-state index in [1.54, 1.807) is 7.05 Å². The Morgan fingerprint density at radius 2 is 1.75 bits per heavy atom. The van der Waals surface area contributed by atoms with Gasteiger partial charge in [-0.15, -0.1) is 24.0 Å². The van der Waals surface area contributed by atoms with Gasteiger partial charge in [0.25, 0.3) is 0 Å². The first-order chi connectivity index (χ1) is 12.8. The van der Waals surface area contributed by atoms with Crippen LogP contribution in [0.2, 0.25) is 0 Å². The van der Waals surface area contributed by atoms with E-state index in [1.165, 1.54) is 5.56 Å². The lowest BCUT2D eigenvalue weighted by Gasteiger charge is -2.20. The van der Waals surface area contributed by atoms with Gasteiger partial charge < -0.3 is 25.4 Å². The molecule has 1 aromatic rings. The molecule has 3 N–H and O–H groups in total. The van der Waals surface area contributed by atoms with Crippen LogP contribution in [0.25, 0.3) is 0 Å². The highest BCUT2D eigenvalue weighted by molar-refractivity contribution is 14.0. The topological polar surface area (TPSA) is 84.0 Å². The summed E-state index contributed by atoms with van der Waals surface area (Å²) in [7, 11) is 1.72. The van der Waals surface area contributed by atoms with Crippen molar-refractivity contribution in [3.63, 3.8) is 0 Å². The molecule has 0 saturated heterocycles. The highest BCUT2D eigenvalue weighted by atomic mass is 127. The number of amides is 1. The van der Waals surface area contributed by atoms with E-state index in [9.17, 15) is 4.79 Å². The molecular weight excluding hydrogens is 471 g/mol. The van der Waals surface area contributed by atoms with Crippen LogP contribution in [0.1, 0.15) is 33.3 Å². The van der Waals surface area contributed by atoms with Gasteiger partial charge in [-0.2, -0.15) is 0 Å². The van der Waals surface area contributed by atoms with Gasteiger partial charge in [-0.05, 0) is 32.3 Å². The molecule has 0 fully saturated rings. The molecule has 0 saturated carbocycles. The molecule has 28 heavy (non-hydrogen) atoms. The molecule has 7 nitrogen and oxygen atoms in total. The van der Waals surface area contributed by atoms with Crippen LogP contribution < -0.4 is 16.0 Å². The second-order valence-corrected chi connectivity index (χ2v) is 7.41. The molecule has 1 atom stereocenters. The van der Waals surface area contributed by atoms with Crippen molar-refractivity contribution < 1.29 is 14.3 Å². The summed E-state index contributed by atoms with van der Waals surface area (Å²) < 4.78 is 10.9. The summed E-state index contributed by atoms with van der Waals surface area (Å²) >= 11 is 0. The monoisotopic (exact) mass is 506 g/mol. The van der Waals surface area contributed by atoms with Crippen molar-refractivity contribution >= 4 is 36.0 Å². The van der Waals surface area contributed by atoms with Gasteiger partial charge in [0.05, 0.1) is 13.2 Å². The first-order valence-corrected chi connectivity index (χ1v) is 9.33. The molecule has 0 radical (unpaired) electrons. The van der Waals surface area contributed by atoms with Gasteiger partial charge in [0.15, 0.2) is 5.96 Å². The van der Waals surface area contributed by atoms with Crippen LogP contribution in [0, 0.1) is 5.92 Å². The van der Waals surface area contributed by atoms with Crippen molar-refractivity contribution in [2.75, 3.05) is 33.3 Å². The third kappa shape index (κ3) is 13.6. The Morgan fingerprint density at radius 3 is 2.36 bits per heavy atom. The van der Waals surface area contributed by atoms with Crippen LogP contribution in [0.5, 0.6) is 0 Å². The zero-order chi connectivity index (χ0) is 20.1. The molecular formula is C20H35IN4O3. The Hall–Kier alpha value is -1.55. The van der Waals surface area contributed by atoms with E-state index in [1.807, 2.05) is 39.0 Å². The van der Waals surface area contributed by atoms with Gasteiger partial charge in [0, 0.05) is 26.7 Å². The number of rotatable bonds is 9. The fraction of sp³-hybridized carbons (Fsp3) is 0.600. The molecule has 0 aliphatic rings. The Bertz CT molecular complexity index is 577. The van der Waals surface area contributed by atoms with Crippen LogP contribution in [-0.4, -0.2) is 50.9 Å². The fourth-order valence-electron chi connectivity index (χ4n) is 2.16. The normalized spacial score (nSPS) is 12.5. The predicted molar refractivity (Wildman–Crippen MR) is 124 cm³/mol. The minimum atomic E-state index is -0.492. The number of benzene rings is 1. The number of alkyl carbamates (subject to hydrolysis) is 1. The Labute approximate surface area is 186 Å². The lowest BCUT2D eigenvalue weighted by Crippen LogP contribution is -2.43. The third-order valence-electron chi connectivity index (χ3n) is 3.44. The van der Waals surface area contributed by atoms with Crippen molar-refractivity contribution in [2.45, 2.75) is 39.9 Å². The second-order valence-electron chi connectivity index (χ2n) is 7.41. The molecule has 0 aromatic heterocycles. The Morgan fingerprint density at radius 1 is 1.11 bits per heavy atom. The number of halogens is 1. The van der Waals surface area contributed by atoms with Crippen LogP contribution in [-0.2, 0) is 16.1 Å². The number of hydrogen-bond donors (Lipinski definition) is 3.